The second-order valence-electron chi connectivity index (χ2n) is 8.51. The number of hydrogen-bond acceptors (Lipinski definition) is 5. The number of nitrogens with zero attached hydrogens (tertiary/aromatic N) is 2. The fraction of sp³-hybridized carbons (Fsp3) is 0.346. The van der Waals surface area contributed by atoms with Crippen LogP contribution >= 0.6 is 0 Å². The van der Waals surface area contributed by atoms with E-state index in [9.17, 15) is 9.59 Å². The van der Waals surface area contributed by atoms with Crippen molar-refractivity contribution in [3.63, 3.8) is 0 Å². The van der Waals surface area contributed by atoms with Crippen molar-refractivity contribution in [1.82, 2.24) is 9.88 Å². The molecule has 0 radical (unpaired) electrons. The first kappa shape index (κ1) is 22.0. The van der Waals surface area contributed by atoms with E-state index in [1.807, 2.05) is 70.3 Å². The number of rotatable bonds is 5. The number of benzene rings is 2. The van der Waals surface area contributed by atoms with E-state index in [1.165, 1.54) is 0 Å². The monoisotopic (exact) mass is 431 g/mol. The number of fused-ring (bicyclic) bond motifs is 2. The number of hydrogen-bond donors (Lipinski definition) is 1. The SMILES string of the molecule is CCC(OC(=O)c1c2c(nc3ccccc13)CCN(C)C2)C(=O)Nc1ccc(C)c(C)c1. The van der Waals surface area contributed by atoms with E-state index in [1.54, 1.807) is 0 Å². The van der Waals surface area contributed by atoms with Crippen molar-refractivity contribution < 1.29 is 14.3 Å². The first-order valence-corrected chi connectivity index (χ1v) is 11.1. The van der Waals surface area contributed by atoms with Gasteiger partial charge < -0.3 is 15.0 Å². The van der Waals surface area contributed by atoms with Gasteiger partial charge in [0.25, 0.3) is 5.91 Å². The third kappa shape index (κ3) is 4.36. The molecule has 0 fully saturated rings. The zero-order chi connectivity index (χ0) is 22.8. The minimum Gasteiger partial charge on any atom is -0.449 e. The molecule has 0 saturated carbocycles. The lowest BCUT2D eigenvalue weighted by molar-refractivity contribution is -0.124. The summed E-state index contributed by atoms with van der Waals surface area (Å²) >= 11 is 0. The molecule has 1 N–H and O–H groups in total. The number of esters is 1. The number of aromatic nitrogens is 1. The van der Waals surface area contributed by atoms with Crippen molar-refractivity contribution >= 4 is 28.5 Å². The molecule has 1 unspecified atom stereocenters. The molecule has 1 aliphatic rings. The number of likely N-dealkylation sites (N-methyl/N-ethyl adjacent to an activating group) is 1. The molecular weight excluding hydrogens is 402 g/mol. The Labute approximate surface area is 188 Å². The summed E-state index contributed by atoms with van der Waals surface area (Å²) in [4.78, 5) is 33.3. The molecule has 4 rings (SSSR count). The van der Waals surface area contributed by atoms with Gasteiger partial charge in [-0.2, -0.15) is 0 Å². The summed E-state index contributed by atoms with van der Waals surface area (Å²) in [6.07, 6.45) is 0.280. The van der Waals surface area contributed by atoms with E-state index in [4.69, 9.17) is 9.72 Å². The standard InChI is InChI=1S/C26H29N3O3/c1-5-23(25(30)27-18-11-10-16(2)17(3)14-18)32-26(31)24-19-8-6-7-9-21(19)28-22-12-13-29(4)15-20(22)24/h6-11,14,23H,5,12-13,15H2,1-4H3,(H,27,30). The van der Waals surface area contributed by atoms with Gasteiger partial charge in [0.05, 0.1) is 11.1 Å². The van der Waals surface area contributed by atoms with Gasteiger partial charge in [-0.1, -0.05) is 31.2 Å². The topological polar surface area (TPSA) is 71.5 Å². The fourth-order valence-corrected chi connectivity index (χ4v) is 4.11. The largest absolute Gasteiger partial charge is 0.449 e. The number of pyridine rings is 1. The van der Waals surface area contributed by atoms with E-state index >= 15 is 0 Å². The summed E-state index contributed by atoms with van der Waals surface area (Å²) in [5, 5.41) is 3.65. The number of nitrogens with one attached hydrogen (secondary N) is 1. The summed E-state index contributed by atoms with van der Waals surface area (Å²) in [5.74, 6) is -0.800. The summed E-state index contributed by atoms with van der Waals surface area (Å²) < 4.78 is 5.79. The molecule has 6 heteroatoms. The summed E-state index contributed by atoms with van der Waals surface area (Å²) in [6, 6.07) is 13.4. The quantitative estimate of drug-likeness (QED) is 0.606. The molecule has 6 nitrogen and oxygen atoms in total. The molecule has 0 saturated heterocycles. The van der Waals surface area contributed by atoms with Crippen molar-refractivity contribution in [2.24, 2.45) is 0 Å². The second-order valence-corrected chi connectivity index (χ2v) is 8.51. The Morgan fingerprint density at radius 3 is 2.69 bits per heavy atom. The number of carbonyl (C=O) groups excluding carboxylic acids is 2. The number of carbonyl (C=O) groups is 2. The van der Waals surface area contributed by atoms with Crippen LogP contribution in [0.15, 0.2) is 42.5 Å². The zero-order valence-electron chi connectivity index (χ0n) is 19.1. The Hall–Kier alpha value is -3.25. The molecule has 0 aliphatic carbocycles. The van der Waals surface area contributed by atoms with Crippen molar-refractivity contribution in [3.05, 3.63) is 70.4 Å². The second kappa shape index (κ2) is 9.09. The van der Waals surface area contributed by atoms with Crippen LogP contribution in [0.25, 0.3) is 10.9 Å². The first-order valence-electron chi connectivity index (χ1n) is 11.1. The number of para-hydroxylation sites is 1. The molecule has 166 valence electrons. The minimum atomic E-state index is -0.881. The number of amides is 1. The Balaban J connectivity index is 1.63. The normalized spacial score (nSPS) is 14.6. The highest BCUT2D eigenvalue weighted by Gasteiger charge is 2.28. The number of anilines is 1. The average Bonchev–Trinajstić information content (AvgIpc) is 2.78. The Morgan fingerprint density at radius 2 is 1.94 bits per heavy atom. The third-order valence-corrected chi connectivity index (χ3v) is 6.13. The lowest BCUT2D eigenvalue weighted by Crippen LogP contribution is -2.34. The van der Waals surface area contributed by atoms with Crippen molar-refractivity contribution in [3.8, 4) is 0 Å². The van der Waals surface area contributed by atoms with Gasteiger partial charge in [-0.15, -0.1) is 0 Å². The maximum absolute atomic E-state index is 13.4. The number of ether oxygens (including phenoxy) is 1. The molecule has 32 heavy (non-hydrogen) atoms. The van der Waals surface area contributed by atoms with Crippen LogP contribution in [0.2, 0.25) is 0 Å². The Kier molecular flexibility index (Phi) is 6.24. The molecule has 1 aliphatic heterocycles. The van der Waals surface area contributed by atoms with Crippen LogP contribution in [0.4, 0.5) is 5.69 Å². The van der Waals surface area contributed by atoms with Crippen LogP contribution in [0.1, 0.15) is 46.1 Å². The Morgan fingerprint density at radius 1 is 1.16 bits per heavy atom. The summed E-state index contributed by atoms with van der Waals surface area (Å²) in [5.41, 5.74) is 6.06. The van der Waals surface area contributed by atoms with Crippen LogP contribution in [-0.4, -0.2) is 41.5 Å². The van der Waals surface area contributed by atoms with Gasteiger partial charge in [0.15, 0.2) is 6.10 Å². The lowest BCUT2D eigenvalue weighted by atomic mass is 9.96. The predicted octanol–water partition coefficient (Wildman–Crippen LogP) is 4.41. The fourth-order valence-electron chi connectivity index (χ4n) is 4.11. The summed E-state index contributed by atoms with van der Waals surface area (Å²) in [7, 11) is 2.03. The van der Waals surface area contributed by atoms with Crippen molar-refractivity contribution in [2.45, 2.75) is 46.3 Å². The van der Waals surface area contributed by atoms with Gasteiger partial charge >= 0.3 is 5.97 Å². The van der Waals surface area contributed by atoms with E-state index in [0.717, 1.165) is 46.3 Å². The maximum Gasteiger partial charge on any atom is 0.340 e. The molecule has 0 spiro atoms. The average molecular weight is 432 g/mol. The van der Waals surface area contributed by atoms with Crippen LogP contribution in [0.5, 0.6) is 0 Å². The van der Waals surface area contributed by atoms with Gasteiger partial charge in [0.2, 0.25) is 0 Å². The minimum absolute atomic E-state index is 0.326. The first-order chi connectivity index (χ1) is 15.4. The highest BCUT2D eigenvalue weighted by Crippen LogP contribution is 2.29. The molecule has 1 aromatic heterocycles. The molecule has 1 amide bonds. The molecule has 2 heterocycles. The number of aryl methyl sites for hydroxylation is 2. The Bertz CT molecular complexity index is 1190. The highest BCUT2D eigenvalue weighted by atomic mass is 16.5. The molecule has 2 aromatic carbocycles. The third-order valence-electron chi connectivity index (χ3n) is 6.13. The molecule has 0 bridgehead atoms. The van der Waals surface area contributed by atoms with Gasteiger partial charge in [0, 0.05) is 41.8 Å². The molecular formula is C26H29N3O3. The van der Waals surface area contributed by atoms with Crippen LogP contribution in [0, 0.1) is 13.8 Å². The molecule has 3 aromatic rings. The zero-order valence-corrected chi connectivity index (χ0v) is 19.1. The van der Waals surface area contributed by atoms with Crippen molar-refractivity contribution in [1.29, 1.82) is 0 Å². The van der Waals surface area contributed by atoms with Gasteiger partial charge in [-0.3, -0.25) is 9.78 Å². The van der Waals surface area contributed by atoms with E-state index in [-0.39, 0.29) is 5.91 Å². The van der Waals surface area contributed by atoms with Crippen molar-refractivity contribution in [2.75, 3.05) is 18.9 Å². The van der Waals surface area contributed by atoms with Gasteiger partial charge in [-0.05, 0) is 56.6 Å². The van der Waals surface area contributed by atoms with Crippen LogP contribution < -0.4 is 5.32 Å². The molecule has 1 atom stereocenters. The summed E-state index contributed by atoms with van der Waals surface area (Å²) in [6.45, 7) is 7.38. The smallest absolute Gasteiger partial charge is 0.340 e. The van der Waals surface area contributed by atoms with E-state index in [2.05, 4.69) is 10.2 Å². The van der Waals surface area contributed by atoms with E-state index in [0.29, 0.717) is 24.2 Å². The van der Waals surface area contributed by atoms with Gasteiger partial charge in [0.1, 0.15) is 0 Å². The lowest BCUT2D eigenvalue weighted by Gasteiger charge is -2.27. The maximum atomic E-state index is 13.4. The van der Waals surface area contributed by atoms with Crippen LogP contribution in [0.3, 0.4) is 0 Å². The van der Waals surface area contributed by atoms with Gasteiger partial charge in [-0.25, -0.2) is 4.79 Å². The van der Waals surface area contributed by atoms with E-state index < -0.39 is 12.1 Å². The van der Waals surface area contributed by atoms with Crippen LogP contribution in [-0.2, 0) is 22.5 Å². The predicted molar refractivity (Wildman–Crippen MR) is 126 cm³/mol. The highest BCUT2D eigenvalue weighted by molar-refractivity contribution is 6.06.